The minimum Gasteiger partial charge on any atom is -0.356 e. The lowest BCUT2D eigenvalue weighted by atomic mass is 9.99. The molecule has 5 heteroatoms. The first-order valence-electron chi connectivity index (χ1n) is 9.42. The lowest BCUT2D eigenvalue weighted by molar-refractivity contribution is -0.148. The van der Waals surface area contributed by atoms with Gasteiger partial charge in [-0.15, -0.1) is 0 Å². The predicted octanol–water partition coefficient (Wildman–Crippen LogP) is 2.75. The van der Waals surface area contributed by atoms with E-state index in [0.29, 0.717) is 6.54 Å². The lowest BCUT2D eigenvalue weighted by Gasteiger charge is -2.31. The molecule has 1 heterocycles. The van der Waals surface area contributed by atoms with E-state index in [0.717, 1.165) is 17.5 Å². The Morgan fingerprint density at radius 1 is 1.00 bits per heavy atom. The number of morpholine rings is 1. The van der Waals surface area contributed by atoms with Crippen molar-refractivity contribution in [3.8, 4) is 0 Å². The first-order chi connectivity index (χ1) is 13.7. The monoisotopic (exact) mass is 374 g/mol. The average Bonchev–Trinajstić information content (AvgIpc) is 2.74. The third kappa shape index (κ3) is 4.05. The molecule has 28 heavy (non-hydrogen) atoms. The first kappa shape index (κ1) is 18.2. The molecular formula is C23H22N2O3. The maximum atomic E-state index is 12.7. The number of hydrogen-bond acceptors (Lipinski definition) is 3. The molecule has 0 spiro atoms. The van der Waals surface area contributed by atoms with Crippen LogP contribution in [0.15, 0.2) is 72.8 Å². The van der Waals surface area contributed by atoms with Crippen molar-refractivity contribution in [3.63, 3.8) is 0 Å². The second-order valence-electron chi connectivity index (χ2n) is 6.91. The molecule has 2 N–H and O–H groups in total. The summed E-state index contributed by atoms with van der Waals surface area (Å²) in [6, 6.07) is 23.5. The normalized spacial score (nSPS) is 19.2. The van der Waals surface area contributed by atoms with Crippen molar-refractivity contribution >= 4 is 22.6 Å². The smallest absolute Gasteiger partial charge is 0.251 e. The number of ether oxygens (including phenoxy) is 1. The van der Waals surface area contributed by atoms with Crippen LogP contribution in [0.1, 0.15) is 17.2 Å². The van der Waals surface area contributed by atoms with E-state index in [1.807, 2.05) is 42.5 Å². The van der Waals surface area contributed by atoms with Gasteiger partial charge in [0.25, 0.3) is 5.91 Å². The minimum absolute atomic E-state index is 0.105. The van der Waals surface area contributed by atoms with Gasteiger partial charge >= 0.3 is 0 Å². The molecule has 3 aromatic rings. The molecular weight excluding hydrogens is 352 g/mol. The molecule has 142 valence electrons. The molecule has 0 saturated carbocycles. The SMILES string of the molecule is O=C1CO[C@H](C(=O)NCCc2ccc3ccccc3c2)[C@@H](c2ccccc2)N1. The summed E-state index contributed by atoms with van der Waals surface area (Å²) in [6.45, 7) is 0.401. The van der Waals surface area contributed by atoms with Gasteiger partial charge in [-0.1, -0.05) is 72.8 Å². The second-order valence-corrected chi connectivity index (χ2v) is 6.91. The molecule has 0 radical (unpaired) electrons. The Hall–Kier alpha value is -3.18. The van der Waals surface area contributed by atoms with Crippen LogP contribution in [0, 0.1) is 0 Å². The summed E-state index contributed by atoms with van der Waals surface area (Å²) in [6.07, 6.45) is -0.0113. The van der Waals surface area contributed by atoms with Gasteiger partial charge in [-0.05, 0) is 28.3 Å². The molecule has 1 fully saturated rings. The highest BCUT2D eigenvalue weighted by Gasteiger charge is 2.35. The van der Waals surface area contributed by atoms with Crippen LogP contribution in [-0.4, -0.2) is 31.1 Å². The Balaban J connectivity index is 1.39. The summed E-state index contributed by atoms with van der Waals surface area (Å²) in [7, 11) is 0. The summed E-state index contributed by atoms with van der Waals surface area (Å²) in [5.41, 5.74) is 2.02. The largest absolute Gasteiger partial charge is 0.356 e. The first-order valence-corrected chi connectivity index (χ1v) is 9.42. The number of nitrogens with one attached hydrogen (secondary N) is 2. The van der Waals surface area contributed by atoms with Crippen molar-refractivity contribution < 1.29 is 14.3 Å². The second kappa shape index (κ2) is 8.23. The van der Waals surface area contributed by atoms with Crippen LogP contribution in [0.3, 0.4) is 0 Å². The molecule has 4 rings (SSSR count). The summed E-state index contributed by atoms with van der Waals surface area (Å²) in [5, 5.41) is 8.21. The van der Waals surface area contributed by atoms with E-state index in [2.05, 4.69) is 41.0 Å². The van der Waals surface area contributed by atoms with Crippen LogP contribution in [-0.2, 0) is 20.7 Å². The van der Waals surface area contributed by atoms with Gasteiger partial charge in [0.1, 0.15) is 6.61 Å². The summed E-state index contributed by atoms with van der Waals surface area (Å²) in [4.78, 5) is 24.5. The summed E-state index contributed by atoms with van der Waals surface area (Å²) in [5.74, 6) is -0.427. The van der Waals surface area contributed by atoms with Gasteiger partial charge in [0.15, 0.2) is 6.10 Å². The van der Waals surface area contributed by atoms with E-state index in [4.69, 9.17) is 4.74 Å². The maximum absolute atomic E-state index is 12.7. The van der Waals surface area contributed by atoms with Crippen molar-refractivity contribution in [3.05, 3.63) is 83.9 Å². The van der Waals surface area contributed by atoms with Crippen molar-refractivity contribution in [2.45, 2.75) is 18.6 Å². The van der Waals surface area contributed by atoms with E-state index < -0.39 is 12.1 Å². The number of amides is 2. The van der Waals surface area contributed by atoms with Crippen LogP contribution >= 0.6 is 0 Å². The van der Waals surface area contributed by atoms with E-state index >= 15 is 0 Å². The van der Waals surface area contributed by atoms with Crippen LogP contribution < -0.4 is 10.6 Å². The minimum atomic E-state index is -0.739. The molecule has 1 aliphatic heterocycles. The molecule has 0 bridgehead atoms. The van der Waals surface area contributed by atoms with Crippen LogP contribution in [0.5, 0.6) is 0 Å². The van der Waals surface area contributed by atoms with E-state index in [-0.39, 0.29) is 18.4 Å². The number of rotatable bonds is 5. The fourth-order valence-corrected chi connectivity index (χ4v) is 3.52. The van der Waals surface area contributed by atoms with Gasteiger partial charge in [-0.2, -0.15) is 0 Å². The van der Waals surface area contributed by atoms with Gasteiger partial charge in [-0.3, -0.25) is 9.59 Å². The predicted molar refractivity (Wildman–Crippen MR) is 108 cm³/mol. The number of fused-ring (bicyclic) bond motifs is 1. The molecule has 5 nitrogen and oxygen atoms in total. The van der Waals surface area contributed by atoms with Crippen molar-refractivity contribution in [1.29, 1.82) is 0 Å². The molecule has 1 saturated heterocycles. The van der Waals surface area contributed by atoms with E-state index in [1.54, 1.807) is 0 Å². The summed E-state index contributed by atoms with van der Waals surface area (Å²) < 4.78 is 5.56. The third-order valence-electron chi connectivity index (χ3n) is 4.96. The van der Waals surface area contributed by atoms with Crippen LogP contribution in [0.2, 0.25) is 0 Å². The van der Waals surface area contributed by atoms with E-state index in [9.17, 15) is 9.59 Å². The van der Waals surface area contributed by atoms with E-state index in [1.165, 1.54) is 10.8 Å². The zero-order valence-corrected chi connectivity index (χ0v) is 15.4. The fraction of sp³-hybridized carbons (Fsp3) is 0.217. The Morgan fingerprint density at radius 3 is 2.57 bits per heavy atom. The molecule has 0 unspecified atom stereocenters. The Kier molecular flexibility index (Phi) is 5.35. The molecule has 2 amide bonds. The number of hydrogen-bond donors (Lipinski definition) is 2. The fourth-order valence-electron chi connectivity index (χ4n) is 3.52. The van der Waals surface area contributed by atoms with Gasteiger partial charge in [0.2, 0.25) is 5.91 Å². The van der Waals surface area contributed by atoms with Crippen molar-refractivity contribution in [2.75, 3.05) is 13.2 Å². The summed E-state index contributed by atoms with van der Waals surface area (Å²) >= 11 is 0. The lowest BCUT2D eigenvalue weighted by Crippen LogP contribution is -2.52. The topological polar surface area (TPSA) is 67.4 Å². The molecule has 0 aromatic heterocycles. The highest BCUT2D eigenvalue weighted by atomic mass is 16.5. The Bertz CT molecular complexity index is 987. The Morgan fingerprint density at radius 2 is 1.75 bits per heavy atom. The van der Waals surface area contributed by atoms with Gasteiger partial charge in [0.05, 0.1) is 6.04 Å². The molecule has 3 aromatic carbocycles. The zero-order chi connectivity index (χ0) is 19.3. The third-order valence-corrected chi connectivity index (χ3v) is 4.96. The number of benzene rings is 3. The van der Waals surface area contributed by atoms with Gasteiger partial charge < -0.3 is 15.4 Å². The number of carbonyl (C=O) groups excluding carboxylic acids is 2. The van der Waals surface area contributed by atoms with Crippen molar-refractivity contribution in [2.24, 2.45) is 0 Å². The average molecular weight is 374 g/mol. The number of carbonyl (C=O) groups is 2. The maximum Gasteiger partial charge on any atom is 0.251 e. The quantitative estimate of drug-likeness (QED) is 0.722. The van der Waals surface area contributed by atoms with Crippen LogP contribution in [0.25, 0.3) is 10.8 Å². The molecule has 0 aliphatic carbocycles. The molecule has 1 aliphatic rings. The van der Waals surface area contributed by atoms with Gasteiger partial charge in [0, 0.05) is 6.54 Å². The molecule has 2 atom stereocenters. The van der Waals surface area contributed by atoms with Gasteiger partial charge in [-0.25, -0.2) is 0 Å². The van der Waals surface area contributed by atoms with Crippen LogP contribution in [0.4, 0.5) is 0 Å². The highest BCUT2D eigenvalue weighted by molar-refractivity contribution is 5.86. The van der Waals surface area contributed by atoms with Crippen molar-refractivity contribution in [1.82, 2.24) is 10.6 Å². The Labute approximate surface area is 163 Å². The highest BCUT2D eigenvalue weighted by Crippen LogP contribution is 2.22. The zero-order valence-electron chi connectivity index (χ0n) is 15.4. The standard InChI is InChI=1S/C23H22N2O3/c26-20-15-28-22(21(25-20)18-7-2-1-3-8-18)23(27)24-13-12-16-10-11-17-6-4-5-9-19(17)14-16/h1-11,14,21-22H,12-13,15H2,(H,24,27)(H,25,26)/t21-,22+/m1/s1.